The molecule has 0 saturated carbocycles. The van der Waals surface area contributed by atoms with Gasteiger partial charge in [0.1, 0.15) is 11.4 Å². The van der Waals surface area contributed by atoms with Crippen molar-refractivity contribution in [2.75, 3.05) is 19.7 Å². The van der Waals surface area contributed by atoms with Crippen LogP contribution >= 0.6 is 0 Å². The molecule has 3 rings (SSSR count). The summed E-state index contributed by atoms with van der Waals surface area (Å²) in [5.41, 5.74) is 0.0972. The number of carbonyl (C=O) groups is 2. The minimum atomic E-state index is -1.03. The SMILES string of the molecule is CC(C)(C)OC(=O)N1CC(COc2cccc3c2ccn3C(=O)O)C1. The minimum Gasteiger partial charge on any atom is -0.492 e. The van der Waals surface area contributed by atoms with Crippen LogP contribution in [0.1, 0.15) is 20.8 Å². The molecule has 1 aromatic carbocycles. The topological polar surface area (TPSA) is 81.0 Å². The van der Waals surface area contributed by atoms with Crippen LogP contribution in [-0.2, 0) is 4.74 Å². The van der Waals surface area contributed by atoms with E-state index in [2.05, 4.69) is 0 Å². The highest BCUT2D eigenvalue weighted by molar-refractivity contribution is 5.92. The van der Waals surface area contributed by atoms with Gasteiger partial charge in [0.15, 0.2) is 0 Å². The predicted molar refractivity (Wildman–Crippen MR) is 92.2 cm³/mol. The van der Waals surface area contributed by atoms with Crippen LogP contribution in [0.25, 0.3) is 10.9 Å². The summed E-state index contributed by atoms with van der Waals surface area (Å²) < 4.78 is 12.3. The van der Waals surface area contributed by atoms with Crippen molar-refractivity contribution in [2.24, 2.45) is 5.92 Å². The lowest BCUT2D eigenvalue weighted by molar-refractivity contribution is -0.00772. The molecule has 7 heteroatoms. The van der Waals surface area contributed by atoms with Gasteiger partial charge in [0.25, 0.3) is 0 Å². The number of nitrogens with zero attached hydrogens (tertiary/aromatic N) is 2. The summed E-state index contributed by atoms with van der Waals surface area (Å²) in [5.74, 6) is 0.887. The molecule has 2 aromatic rings. The van der Waals surface area contributed by atoms with Crippen LogP contribution in [0.2, 0.25) is 0 Å². The van der Waals surface area contributed by atoms with Crippen molar-refractivity contribution in [3.05, 3.63) is 30.5 Å². The lowest BCUT2D eigenvalue weighted by Gasteiger charge is -2.39. The molecule has 0 atom stereocenters. The number of rotatable bonds is 3. The molecule has 0 aliphatic carbocycles. The minimum absolute atomic E-state index is 0.240. The monoisotopic (exact) mass is 346 g/mol. The molecular weight excluding hydrogens is 324 g/mol. The molecule has 0 spiro atoms. The van der Waals surface area contributed by atoms with Crippen LogP contribution in [0.3, 0.4) is 0 Å². The van der Waals surface area contributed by atoms with Crippen molar-refractivity contribution in [3.8, 4) is 5.75 Å². The number of benzene rings is 1. The van der Waals surface area contributed by atoms with Crippen molar-refractivity contribution >= 4 is 23.1 Å². The number of aromatic nitrogens is 1. The Bertz CT molecular complexity index is 799. The molecule has 7 nitrogen and oxygen atoms in total. The van der Waals surface area contributed by atoms with Crippen molar-refractivity contribution in [3.63, 3.8) is 0 Å². The summed E-state index contributed by atoms with van der Waals surface area (Å²) in [6, 6.07) is 7.06. The van der Waals surface area contributed by atoms with E-state index >= 15 is 0 Å². The van der Waals surface area contributed by atoms with Crippen molar-refractivity contribution in [1.29, 1.82) is 0 Å². The molecule has 1 N–H and O–H groups in total. The first-order valence-corrected chi connectivity index (χ1v) is 8.19. The number of carboxylic acid groups (broad SMARTS) is 1. The molecule has 0 bridgehead atoms. The van der Waals surface area contributed by atoms with Gasteiger partial charge in [0.2, 0.25) is 0 Å². The van der Waals surface area contributed by atoms with Crippen LogP contribution in [0, 0.1) is 5.92 Å². The van der Waals surface area contributed by atoms with E-state index in [1.54, 1.807) is 23.1 Å². The molecule has 134 valence electrons. The Labute approximate surface area is 145 Å². The molecule has 0 radical (unpaired) electrons. The van der Waals surface area contributed by atoms with Gasteiger partial charge in [-0.2, -0.15) is 0 Å². The van der Waals surface area contributed by atoms with E-state index in [1.807, 2.05) is 26.8 Å². The quantitative estimate of drug-likeness (QED) is 0.921. The summed E-state index contributed by atoms with van der Waals surface area (Å²) in [7, 11) is 0. The highest BCUT2D eigenvalue weighted by Crippen LogP contribution is 2.28. The second-order valence-corrected chi connectivity index (χ2v) is 7.22. The first-order valence-electron chi connectivity index (χ1n) is 8.19. The van der Waals surface area contributed by atoms with E-state index in [-0.39, 0.29) is 12.0 Å². The van der Waals surface area contributed by atoms with Crippen LogP contribution < -0.4 is 4.74 Å². The van der Waals surface area contributed by atoms with Gasteiger partial charge in [-0.25, -0.2) is 9.59 Å². The van der Waals surface area contributed by atoms with E-state index in [1.165, 1.54) is 6.20 Å². The number of fused-ring (bicyclic) bond motifs is 1. The van der Waals surface area contributed by atoms with Gasteiger partial charge in [0.05, 0.1) is 12.1 Å². The van der Waals surface area contributed by atoms with Gasteiger partial charge in [-0.15, -0.1) is 0 Å². The summed E-state index contributed by atoms with van der Waals surface area (Å²) in [6.45, 7) is 7.19. The summed E-state index contributed by atoms with van der Waals surface area (Å²) >= 11 is 0. The maximum absolute atomic E-state index is 11.9. The molecule has 1 amide bonds. The molecule has 1 saturated heterocycles. The highest BCUT2D eigenvalue weighted by atomic mass is 16.6. The van der Waals surface area contributed by atoms with Gasteiger partial charge in [-0.05, 0) is 39.0 Å². The number of hydrogen-bond acceptors (Lipinski definition) is 4. The third-order valence-electron chi connectivity index (χ3n) is 3.98. The average molecular weight is 346 g/mol. The number of hydrogen-bond donors (Lipinski definition) is 1. The maximum Gasteiger partial charge on any atom is 0.416 e. The number of likely N-dealkylation sites (tertiary alicyclic amines) is 1. The molecule has 2 heterocycles. The normalized spacial score (nSPS) is 15.1. The van der Waals surface area contributed by atoms with E-state index in [0.717, 1.165) is 9.95 Å². The van der Waals surface area contributed by atoms with E-state index < -0.39 is 11.7 Å². The molecule has 1 aliphatic heterocycles. The first-order chi connectivity index (χ1) is 11.7. The van der Waals surface area contributed by atoms with E-state index in [0.29, 0.717) is 31.0 Å². The summed E-state index contributed by atoms with van der Waals surface area (Å²) in [6.07, 6.45) is 0.177. The van der Waals surface area contributed by atoms with Crippen LogP contribution in [0.15, 0.2) is 30.5 Å². The Morgan fingerprint density at radius 2 is 1.96 bits per heavy atom. The number of carbonyl (C=O) groups excluding carboxylic acids is 1. The molecular formula is C18H22N2O5. The Kier molecular flexibility index (Phi) is 4.32. The first kappa shape index (κ1) is 17.1. The zero-order valence-electron chi connectivity index (χ0n) is 14.6. The Morgan fingerprint density at radius 3 is 2.60 bits per heavy atom. The number of ether oxygens (including phenoxy) is 2. The van der Waals surface area contributed by atoms with Gasteiger partial charge in [0, 0.05) is 30.6 Å². The molecule has 0 unspecified atom stereocenters. The van der Waals surface area contributed by atoms with Crippen LogP contribution in [0.5, 0.6) is 5.75 Å². The van der Waals surface area contributed by atoms with E-state index in [4.69, 9.17) is 14.6 Å². The second kappa shape index (κ2) is 6.31. The third-order valence-corrected chi connectivity index (χ3v) is 3.98. The lowest BCUT2D eigenvalue weighted by atomic mass is 10.0. The fourth-order valence-electron chi connectivity index (χ4n) is 2.79. The molecule has 1 fully saturated rings. The molecule has 1 aromatic heterocycles. The summed E-state index contributed by atoms with van der Waals surface area (Å²) in [4.78, 5) is 24.7. The zero-order chi connectivity index (χ0) is 18.2. The fraction of sp³-hybridized carbons (Fsp3) is 0.444. The van der Waals surface area contributed by atoms with E-state index in [9.17, 15) is 9.59 Å². The maximum atomic E-state index is 11.9. The highest BCUT2D eigenvalue weighted by Gasteiger charge is 2.34. The molecule has 1 aliphatic rings. The fourth-order valence-corrected chi connectivity index (χ4v) is 2.79. The Morgan fingerprint density at radius 1 is 1.24 bits per heavy atom. The second-order valence-electron chi connectivity index (χ2n) is 7.22. The zero-order valence-corrected chi connectivity index (χ0v) is 14.6. The predicted octanol–water partition coefficient (Wildman–Crippen LogP) is 3.41. The van der Waals surface area contributed by atoms with Crippen molar-refractivity contribution < 1.29 is 24.2 Å². The smallest absolute Gasteiger partial charge is 0.416 e. The van der Waals surface area contributed by atoms with Gasteiger partial charge >= 0.3 is 12.2 Å². The standard InChI is InChI=1S/C18H22N2O5/c1-18(2,3)25-17(23)19-9-12(10-19)11-24-15-6-4-5-14-13(15)7-8-20(14)16(21)22/h4-8,12H,9-11H2,1-3H3,(H,21,22). The van der Waals surface area contributed by atoms with Crippen molar-refractivity contribution in [1.82, 2.24) is 9.47 Å². The number of amides is 1. The molecule has 25 heavy (non-hydrogen) atoms. The van der Waals surface area contributed by atoms with Gasteiger partial charge < -0.3 is 19.5 Å². The Hall–Kier alpha value is -2.70. The summed E-state index contributed by atoms with van der Waals surface area (Å²) in [5, 5.41) is 9.92. The van der Waals surface area contributed by atoms with Gasteiger partial charge in [-0.1, -0.05) is 6.07 Å². The Balaban J connectivity index is 1.57. The van der Waals surface area contributed by atoms with Gasteiger partial charge in [-0.3, -0.25) is 4.57 Å². The van der Waals surface area contributed by atoms with Crippen LogP contribution in [0.4, 0.5) is 9.59 Å². The largest absolute Gasteiger partial charge is 0.492 e. The third kappa shape index (κ3) is 3.70. The van der Waals surface area contributed by atoms with Crippen molar-refractivity contribution in [2.45, 2.75) is 26.4 Å². The lowest BCUT2D eigenvalue weighted by Crippen LogP contribution is -2.53. The average Bonchev–Trinajstić information content (AvgIpc) is 2.88. The van der Waals surface area contributed by atoms with Crippen LogP contribution in [-0.4, -0.2) is 52.1 Å².